The second-order valence-electron chi connectivity index (χ2n) is 5.18. The van der Waals surface area contributed by atoms with Crippen molar-refractivity contribution in [3.8, 4) is 0 Å². The third kappa shape index (κ3) is 2.65. The number of aryl methyl sites for hydroxylation is 1. The van der Waals surface area contributed by atoms with Crippen LogP contribution in [0, 0.1) is 6.92 Å². The molecule has 1 aromatic heterocycles. The number of aromatic nitrogens is 2. The molecule has 4 heteroatoms. The maximum atomic E-state index is 12.4. The molecule has 0 radical (unpaired) electrons. The van der Waals surface area contributed by atoms with Crippen molar-refractivity contribution in [2.75, 3.05) is 5.32 Å². The molecular formula is C17H17N3O. The van der Waals surface area contributed by atoms with Gasteiger partial charge in [-0.1, -0.05) is 24.3 Å². The minimum atomic E-state index is -0.321. The van der Waals surface area contributed by atoms with E-state index in [4.69, 9.17) is 0 Å². The number of benzene rings is 2. The molecule has 2 aromatic carbocycles. The van der Waals surface area contributed by atoms with Crippen LogP contribution in [0.3, 0.4) is 0 Å². The zero-order valence-corrected chi connectivity index (χ0v) is 12.1. The molecule has 1 amide bonds. The van der Waals surface area contributed by atoms with Gasteiger partial charge >= 0.3 is 0 Å². The van der Waals surface area contributed by atoms with Crippen LogP contribution in [0.5, 0.6) is 0 Å². The van der Waals surface area contributed by atoms with Crippen LogP contribution in [0.4, 0.5) is 5.69 Å². The van der Waals surface area contributed by atoms with Crippen molar-refractivity contribution < 1.29 is 4.79 Å². The first-order valence-corrected chi connectivity index (χ1v) is 6.94. The zero-order chi connectivity index (χ0) is 14.8. The van der Waals surface area contributed by atoms with Gasteiger partial charge in [-0.05, 0) is 43.7 Å². The summed E-state index contributed by atoms with van der Waals surface area (Å²) < 4.78 is 1.89. The van der Waals surface area contributed by atoms with Crippen LogP contribution in [0.2, 0.25) is 0 Å². The summed E-state index contributed by atoms with van der Waals surface area (Å²) in [6.07, 6.45) is 1.71. The first-order chi connectivity index (χ1) is 10.1. The summed E-state index contributed by atoms with van der Waals surface area (Å²) in [7, 11) is 0. The summed E-state index contributed by atoms with van der Waals surface area (Å²) in [4.78, 5) is 16.7. The number of hydrogen-bond acceptors (Lipinski definition) is 2. The summed E-state index contributed by atoms with van der Waals surface area (Å²) in [6.45, 7) is 3.88. The molecule has 0 bridgehead atoms. The van der Waals surface area contributed by atoms with Crippen molar-refractivity contribution >= 4 is 22.6 Å². The van der Waals surface area contributed by atoms with E-state index in [0.29, 0.717) is 0 Å². The lowest BCUT2D eigenvalue weighted by molar-refractivity contribution is -0.118. The van der Waals surface area contributed by atoms with Gasteiger partial charge in [0.1, 0.15) is 6.04 Å². The standard InChI is InChI=1S/C17H17N3O/c1-12-6-5-7-14(10-12)19-17(21)13(2)20-11-18-15-8-3-4-9-16(15)20/h3-11,13H,1-2H3,(H,19,21). The molecule has 3 aromatic rings. The lowest BCUT2D eigenvalue weighted by Gasteiger charge is -2.15. The Balaban J connectivity index is 1.84. The molecular weight excluding hydrogens is 262 g/mol. The summed E-state index contributed by atoms with van der Waals surface area (Å²) in [6, 6.07) is 15.3. The van der Waals surface area contributed by atoms with Gasteiger partial charge in [0.15, 0.2) is 0 Å². The van der Waals surface area contributed by atoms with Crippen molar-refractivity contribution in [3.63, 3.8) is 0 Å². The van der Waals surface area contributed by atoms with Crippen LogP contribution in [0.1, 0.15) is 18.5 Å². The van der Waals surface area contributed by atoms with Crippen LogP contribution in [-0.4, -0.2) is 15.5 Å². The number of anilines is 1. The quantitative estimate of drug-likeness (QED) is 0.797. The van der Waals surface area contributed by atoms with Gasteiger partial charge in [-0.25, -0.2) is 4.98 Å². The molecule has 0 aliphatic heterocycles. The van der Waals surface area contributed by atoms with Gasteiger partial charge in [-0.15, -0.1) is 0 Å². The number of para-hydroxylation sites is 2. The van der Waals surface area contributed by atoms with E-state index in [-0.39, 0.29) is 11.9 Å². The topological polar surface area (TPSA) is 46.9 Å². The molecule has 0 aliphatic carbocycles. The zero-order valence-electron chi connectivity index (χ0n) is 12.1. The van der Waals surface area contributed by atoms with E-state index in [0.717, 1.165) is 22.3 Å². The fraction of sp³-hybridized carbons (Fsp3) is 0.176. The highest BCUT2D eigenvalue weighted by molar-refractivity contribution is 5.94. The Kier molecular flexibility index (Phi) is 3.44. The molecule has 106 valence electrons. The normalized spacial score (nSPS) is 12.3. The number of carbonyl (C=O) groups excluding carboxylic acids is 1. The lowest BCUT2D eigenvalue weighted by Crippen LogP contribution is -2.23. The predicted molar refractivity (Wildman–Crippen MR) is 84.3 cm³/mol. The second kappa shape index (κ2) is 5.40. The van der Waals surface area contributed by atoms with Crippen LogP contribution in [0.25, 0.3) is 11.0 Å². The molecule has 3 rings (SSSR count). The monoisotopic (exact) mass is 279 g/mol. The first kappa shape index (κ1) is 13.4. The number of imidazole rings is 1. The largest absolute Gasteiger partial charge is 0.324 e. The van der Waals surface area contributed by atoms with Crippen molar-refractivity contribution in [3.05, 3.63) is 60.4 Å². The minimum absolute atomic E-state index is 0.0521. The molecule has 1 atom stereocenters. The predicted octanol–water partition coefficient (Wildman–Crippen LogP) is 3.54. The third-order valence-corrected chi connectivity index (χ3v) is 3.56. The summed E-state index contributed by atoms with van der Waals surface area (Å²) in [5, 5.41) is 2.95. The van der Waals surface area contributed by atoms with Crippen molar-refractivity contribution in [1.82, 2.24) is 9.55 Å². The average molecular weight is 279 g/mol. The fourth-order valence-electron chi connectivity index (χ4n) is 2.38. The Labute approximate surface area is 123 Å². The van der Waals surface area contributed by atoms with E-state index < -0.39 is 0 Å². The highest BCUT2D eigenvalue weighted by Gasteiger charge is 2.17. The Morgan fingerprint density at radius 1 is 1.19 bits per heavy atom. The first-order valence-electron chi connectivity index (χ1n) is 6.94. The fourth-order valence-corrected chi connectivity index (χ4v) is 2.38. The highest BCUT2D eigenvalue weighted by atomic mass is 16.2. The van der Waals surface area contributed by atoms with Gasteiger partial charge in [-0.2, -0.15) is 0 Å². The van der Waals surface area contributed by atoms with Crippen molar-refractivity contribution in [2.24, 2.45) is 0 Å². The van der Waals surface area contributed by atoms with Crippen LogP contribution in [0.15, 0.2) is 54.9 Å². The molecule has 1 N–H and O–H groups in total. The Bertz CT molecular complexity index is 791. The van der Waals surface area contributed by atoms with Gasteiger partial charge in [0.05, 0.1) is 17.4 Å². The molecule has 1 heterocycles. The maximum absolute atomic E-state index is 12.4. The second-order valence-corrected chi connectivity index (χ2v) is 5.18. The molecule has 4 nitrogen and oxygen atoms in total. The molecule has 1 unspecified atom stereocenters. The van der Waals surface area contributed by atoms with E-state index in [9.17, 15) is 4.79 Å². The number of rotatable bonds is 3. The minimum Gasteiger partial charge on any atom is -0.324 e. The van der Waals surface area contributed by atoms with E-state index in [1.165, 1.54) is 0 Å². The van der Waals surface area contributed by atoms with Crippen LogP contribution in [-0.2, 0) is 4.79 Å². The highest BCUT2D eigenvalue weighted by Crippen LogP contribution is 2.19. The number of amides is 1. The van der Waals surface area contributed by atoms with Gasteiger partial charge < -0.3 is 9.88 Å². The van der Waals surface area contributed by atoms with Crippen molar-refractivity contribution in [2.45, 2.75) is 19.9 Å². The van der Waals surface area contributed by atoms with Gasteiger partial charge in [-0.3, -0.25) is 4.79 Å². The number of nitrogens with zero attached hydrogens (tertiary/aromatic N) is 2. The summed E-state index contributed by atoms with van der Waals surface area (Å²) >= 11 is 0. The lowest BCUT2D eigenvalue weighted by atomic mass is 10.2. The van der Waals surface area contributed by atoms with Gasteiger partial charge in [0, 0.05) is 5.69 Å². The van der Waals surface area contributed by atoms with Crippen molar-refractivity contribution in [1.29, 1.82) is 0 Å². The van der Waals surface area contributed by atoms with Gasteiger partial charge in [0.2, 0.25) is 5.91 Å². The smallest absolute Gasteiger partial charge is 0.247 e. The van der Waals surface area contributed by atoms with E-state index >= 15 is 0 Å². The van der Waals surface area contributed by atoms with Gasteiger partial charge in [0.25, 0.3) is 0 Å². The molecule has 0 spiro atoms. The van der Waals surface area contributed by atoms with Crippen LogP contribution < -0.4 is 5.32 Å². The van der Waals surface area contributed by atoms with Crippen LogP contribution >= 0.6 is 0 Å². The van der Waals surface area contributed by atoms with E-state index in [1.54, 1.807) is 6.33 Å². The molecule has 21 heavy (non-hydrogen) atoms. The Morgan fingerprint density at radius 2 is 2.00 bits per heavy atom. The number of fused-ring (bicyclic) bond motifs is 1. The molecule has 0 saturated heterocycles. The van der Waals surface area contributed by atoms with E-state index in [2.05, 4.69) is 10.3 Å². The average Bonchev–Trinajstić information content (AvgIpc) is 2.90. The summed E-state index contributed by atoms with van der Waals surface area (Å²) in [5.74, 6) is -0.0521. The number of hydrogen-bond donors (Lipinski definition) is 1. The number of carbonyl (C=O) groups is 1. The maximum Gasteiger partial charge on any atom is 0.247 e. The number of nitrogens with one attached hydrogen (secondary N) is 1. The summed E-state index contributed by atoms with van der Waals surface area (Å²) in [5.41, 5.74) is 3.79. The molecule has 0 fully saturated rings. The molecule has 0 saturated carbocycles. The Hall–Kier alpha value is -2.62. The molecule has 0 aliphatic rings. The third-order valence-electron chi connectivity index (χ3n) is 3.56. The SMILES string of the molecule is Cc1cccc(NC(=O)C(C)n2cnc3ccccc32)c1. The van der Waals surface area contributed by atoms with E-state index in [1.807, 2.05) is 66.9 Å². The Morgan fingerprint density at radius 3 is 2.81 bits per heavy atom.